The topological polar surface area (TPSA) is 67.4 Å². The van der Waals surface area contributed by atoms with Crippen LogP contribution in [0.1, 0.15) is 49.2 Å². The monoisotopic (exact) mass is 430 g/mol. The molecule has 0 heterocycles. The molecule has 0 aromatic heterocycles. The number of amides is 2. The summed E-state index contributed by atoms with van der Waals surface area (Å²) >= 11 is 0. The molecule has 3 aromatic carbocycles. The fraction of sp³-hybridized carbons (Fsp3) is 0.259. The van der Waals surface area contributed by atoms with Crippen molar-refractivity contribution >= 4 is 23.2 Å². The molecular weight excluding hydrogens is 400 g/mol. The van der Waals surface area contributed by atoms with E-state index in [2.05, 4.69) is 31.4 Å². The smallest absolute Gasteiger partial charge is 0.265 e. The third-order valence-electron chi connectivity index (χ3n) is 5.17. The van der Waals surface area contributed by atoms with Gasteiger partial charge in [-0.15, -0.1) is 0 Å². The van der Waals surface area contributed by atoms with Gasteiger partial charge in [0, 0.05) is 16.9 Å². The van der Waals surface area contributed by atoms with E-state index in [4.69, 9.17) is 4.74 Å². The van der Waals surface area contributed by atoms with Crippen molar-refractivity contribution in [3.8, 4) is 5.75 Å². The van der Waals surface area contributed by atoms with Crippen molar-refractivity contribution in [3.63, 3.8) is 0 Å². The fourth-order valence-electron chi connectivity index (χ4n) is 3.18. The molecule has 2 amide bonds. The van der Waals surface area contributed by atoms with E-state index in [1.54, 1.807) is 31.2 Å². The molecule has 0 aliphatic rings. The van der Waals surface area contributed by atoms with Crippen molar-refractivity contribution in [2.75, 3.05) is 10.6 Å². The first-order chi connectivity index (χ1) is 15.1. The summed E-state index contributed by atoms with van der Waals surface area (Å²) in [6, 6.07) is 22.2. The Hall–Kier alpha value is -3.60. The Kier molecular flexibility index (Phi) is 6.98. The highest BCUT2D eigenvalue weighted by atomic mass is 16.5. The maximum atomic E-state index is 12.6. The van der Waals surface area contributed by atoms with Crippen LogP contribution < -0.4 is 15.4 Å². The minimum atomic E-state index is -0.671. The summed E-state index contributed by atoms with van der Waals surface area (Å²) < 4.78 is 5.78. The van der Waals surface area contributed by atoms with Crippen molar-refractivity contribution in [1.82, 2.24) is 0 Å². The van der Waals surface area contributed by atoms with Gasteiger partial charge in [0.2, 0.25) is 0 Å². The molecule has 0 fully saturated rings. The summed E-state index contributed by atoms with van der Waals surface area (Å²) in [6.45, 7) is 10.0. The van der Waals surface area contributed by atoms with Gasteiger partial charge < -0.3 is 15.4 Å². The number of benzene rings is 3. The molecule has 3 aromatic rings. The van der Waals surface area contributed by atoms with Crippen molar-refractivity contribution < 1.29 is 14.3 Å². The summed E-state index contributed by atoms with van der Waals surface area (Å²) in [6.07, 6.45) is -0.671. The molecule has 0 radical (unpaired) electrons. The number of rotatable bonds is 6. The van der Waals surface area contributed by atoms with Crippen LogP contribution in [0.5, 0.6) is 5.75 Å². The van der Waals surface area contributed by atoms with Crippen molar-refractivity contribution in [3.05, 3.63) is 89.5 Å². The van der Waals surface area contributed by atoms with E-state index in [-0.39, 0.29) is 17.2 Å². The van der Waals surface area contributed by atoms with Gasteiger partial charge in [-0.05, 0) is 66.8 Å². The van der Waals surface area contributed by atoms with E-state index in [1.165, 1.54) is 5.56 Å². The van der Waals surface area contributed by atoms with Crippen LogP contribution in [-0.4, -0.2) is 17.9 Å². The Labute approximate surface area is 189 Å². The average Bonchev–Trinajstić information content (AvgIpc) is 2.75. The summed E-state index contributed by atoms with van der Waals surface area (Å²) in [7, 11) is 0. The van der Waals surface area contributed by atoms with Crippen LogP contribution in [0.25, 0.3) is 0 Å². The number of carbonyl (C=O) groups excluding carboxylic acids is 2. The first-order valence-electron chi connectivity index (χ1n) is 10.7. The summed E-state index contributed by atoms with van der Waals surface area (Å²) in [4.78, 5) is 25.2. The van der Waals surface area contributed by atoms with Crippen LogP contribution in [0.4, 0.5) is 11.4 Å². The van der Waals surface area contributed by atoms with E-state index >= 15 is 0 Å². The molecule has 1 atom stereocenters. The molecule has 32 heavy (non-hydrogen) atoms. The second kappa shape index (κ2) is 9.69. The maximum Gasteiger partial charge on any atom is 0.265 e. The van der Waals surface area contributed by atoms with Gasteiger partial charge in [-0.3, -0.25) is 9.59 Å². The van der Waals surface area contributed by atoms with Crippen LogP contribution in [0.15, 0.2) is 72.8 Å². The minimum Gasteiger partial charge on any atom is -0.481 e. The fourth-order valence-corrected chi connectivity index (χ4v) is 3.18. The zero-order chi connectivity index (χ0) is 23.3. The lowest BCUT2D eigenvalue weighted by molar-refractivity contribution is -0.122. The number of para-hydroxylation sites is 1. The van der Waals surface area contributed by atoms with E-state index in [0.717, 1.165) is 5.56 Å². The van der Waals surface area contributed by atoms with Crippen LogP contribution >= 0.6 is 0 Å². The molecule has 0 saturated heterocycles. The molecule has 0 spiro atoms. The Morgan fingerprint density at radius 1 is 0.844 bits per heavy atom. The predicted molar refractivity (Wildman–Crippen MR) is 129 cm³/mol. The third-order valence-corrected chi connectivity index (χ3v) is 5.17. The highest BCUT2D eigenvalue weighted by Crippen LogP contribution is 2.23. The Morgan fingerprint density at radius 2 is 1.47 bits per heavy atom. The number of ether oxygens (including phenoxy) is 1. The van der Waals surface area contributed by atoms with Gasteiger partial charge in [-0.2, -0.15) is 0 Å². The Bertz CT molecular complexity index is 1100. The average molecular weight is 431 g/mol. The van der Waals surface area contributed by atoms with Crippen molar-refractivity contribution in [2.24, 2.45) is 0 Å². The molecule has 5 nitrogen and oxygen atoms in total. The standard InChI is InChI=1S/C27H30N2O3/c1-18-9-6-7-12-24(18)32-19(2)25(30)28-22-10-8-11-23(17-22)29-26(31)20-13-15-21(16-14-20)27(3,4)5/h6-17,19H,1-5H3,(H,28,30)(H,29,31)/t19-/m1/s1. The zero-order valence-corrected chi connectivity index (χ0v) is 19.2. The molecule has 0 aliphatic heterocycles. The van der Waals surface area contributed by atoms with E-state index in [9.17, 15) is 9.59 Å². The number of aryl methyl sites for hydroxylation is 1. The van der Waals surface area contributed by atoms with Gasteiger partial charge in [0.05, 0.1) is 0 Å². The molecule has 5 heteroatoms. The second-order valence-corrected chi connectivity index (χ2v) is 8.88. The van der Waals surface area contributed by atoms with Crippen LogP contribution in [0.3, 0.4) is 0 Å². The van der Waals surface area contributed by atoms with Crippen LogP contribution in [0.2, 0.25) is 0 Å². The molecule has 0 aliphatic carbocycles. The number of anilines is 2. The zero-order valence-electron chi connectivity index (χ0n) is 19.2. The summed E-state index contributed by atoms with van der Waals surface area (Å²) in [5, 5.41) is 5.73. The number of carbonyl (C=O) groups is 2. The highest BCUT2D eigenvalue weighted by molar-refractivity contribution is 6.04. The van der Waals surface area contributed by atoms with Gasteiger partial charge >= 0.3 is 0 Å². The van der Waals surface area contributed by atoms with Gasteiger partial charge in [-0.1, -0.05) is 57.2 Å². The molecule has 0 saturated carbocycles. The molecule has 0 bridgehead atoms. The first kappa shape index (κ1) is 23.1. The van der Waals surface area contributed by atoms with Gasteiger partial charge in [0.15, 0.2) is 6.10 Å². The van der Waals surface area contributed by atoms with Crippen molar-refractivity contribution in [1.29, 1.82) is 0 Å². The maximum absolute atomic E-state index is 12.6. The lowest BCUT2D eigenvalue weighted by atomic mass is 9.87. The van der Waals surface area contributed by atoms with Gasteiger partial charge in [0.1, 0.15) is 5.75 Å². The van der Waals surface area contributed by atoms with Crippen LogP contribution in [0, 0.1) is 6.92 Å². The summed E-state index contributed by atoms with van der Waals surface area (Å²) in [5.74, 6) is 0.202. The number of hydrogen-bond donors (Lipinski definition) is 2. The van der Waals surface area contributed by atoms with Crippen molar-refractivity contribution in [2.45, 2.75) is 46.1 Å². The minimum absolute atomic E-state index is 0.0294. The molecule has 2 N–H and O–H groups in total. The van der Waals surface area contributed by atoms with E-state index < -0.39 is 6.10 Å². The van der Waals surface area contributed by atoms with Crippen LogP contribution in [-0.2, 0) is 10.2 Å². The largest absolute Gasteiger partial charge is 0.481 e. The predicted octanol–water partition coefficient (Wildman–Crippen LogP) is 5.95. The quantitative estimate of drug-likeness (QED) is 0.508. The third kappa shape index (κ3) is 5.97. The second-order valence-electron chi connectivity index (χ2n) is 8.88. The Morgan fingerprint density at radius 3 is 2.09 bits per heavy atom. The lowest BCUT2D eigenvalue weighted by Crippen LogP contribution is -2.30. The molecular formula is C27H30N2O3. The van der Waals surface area contributed by atoms with Gasteiger partial charge in [-0.25, -0.2) is 0 Å². The number of nitrogens with one attached hydrogen (secondary N) is 2. The van der Waals surface area contributed by atoms with Gasteiger partial charge in [0.25, 0.3) is 11.8 Å². The SMILES string of the molecule is Cc1ccccc1O[C@H](C)C(=O)Nc1cccc(NC(=O)c2ccc(C(C)(C)C)cc2)c1. The first-order valence-corrected chi connectivity index (χ1v) is 10.7. The van der Waals surface area contributed by atoms with E-state index in [0.29, 0.717) is 22.7 Å². The van der Waals surface area contributed by atoms with E-state index in [1.807, 2.05) is 55.5 Å². The molecule has 3 rings (SSSR count). The molecule has 0 unspecified atom stereocenters. The number of hydrogen-bond acceptors (Lipinski definition) is 3. The lowest BCUT2D eigenvalue weighted by Gasteiger charge is -2.19. The molecule has 166 valence electrons. The highest BCUT2D eigenvalue weighted by Gasteiger charge is 2.17. The normalized spacial score (nSPS) is 12.0. The Balaban J connectivity index is 1.63. The summed E-state index contributed by atoms with van der Waals surface area (Å²) in [5.41, 5.74) is 3.92.